The quantitative estimate of drug-likeness (QED) is 0.777. The third-order valence-corrected chi connectivity index (χ3v) is 2.73. The second kappa shape index (κ2) is 4.03. The van der Waals surface area contributed by atoms with Crippen molar-refractivity contribution in [2.45, 2.75) is 13.3 Å². The molecule has 0 bridgehead atoms. The van der Waals surface area contributed by atoms with Gasteiger partial charge in [0.1, 0.15) is 5.76 Å². The Kier molecular flexibility index (Phi) is 2.73. The maximum absolute atomic E-state index is 9.82. The highest BCUT2D eigenvalue weighted by atomic mass is 32.1. The van der Waals surface area contributed by atoms with Gasteiger partial charge in [-0.2, -0.15) is 0 Å². The fraction of sp³-hybridized carbons (Fsp3) is 0.250. The van der Waals surface area contributed by atoms with E-state index in [9.17, 15) is 5.11 Å². The van der Waals surface area contributed by atoms with Gasteiger partial charge in [0.05, 0.1) is 12.2 Å². The van der Waals surface area contributed by atoms with Crippen molar-refractivity contribution in [3.8, 4) is 0 Å². The van der Waals surface area contributed by atoms with Gasteiger partial charge < -0.3 is 9.84 Å². The van der Waals surface area contributed by atoms with Crippen molar-refractivity contribution >= 4 is 22.8 Å². The highest BCUT2D eigenvalue weighted by molar-refractivity contribution is 7.81. The zero-order valence-electron chi connectivity index (χ0n) is 8.49. The molecule has 1 N–H and O–H groups in total. The molecule has 0 unspecified atom stereocenters. The van der Waals surface area contributed by atoms with E-state index in [2.05, 4.69) is 0 Å². The summed E-state index contributed by atoms with van der Waals surface area (Å²) in [6, 6.07) is 7.84. The van der Waals surface area contributed by atoms with Crippen LogP contribution in [0.5, 0.6) is 0 Å². The molecule has 1 aliphatic carbocycles. The minimum Gasteiger partial charge on any atom is -0.511 e. The number of rotatable bonds is 2. The maximum atomic E-state index is 9.82. The van der Waals surface area contributed by atoms with E-state index < -0.39 is 0 Å². The van der Waals surface area contributed by atoms with Crippen LogP contribution in [0.1, 0.15) is 18.1 Å². The summed E-state index contributed by atoms with van der Waals surface area (Å²) in [7, 11) is 0. The number of aliphatic hydroxyl groups excluding tert-OH is 1. The topological polar surface area (TPSA) is 29.5 Å². The molecule has 78 valence electrons. The largest absolute Gasteiger partial charge is 0.511 e. The average Bonchev–Trinajstić information content (AvgIpc) is 2.54. The van der Waals surface area contributed by atoms with Gasteiger partial charge in [0.25, 0.3) is 0 Å². The molecule has 1 aromatic carbocycles. The molecule has 3 heteroatoms. The van der Waals surface area contributed by atoms with Crippen LogP contribution in [-0.2, 0) is 11.2 Å². The summed E-state index contributed by atoms with van der Waals surface area (Å²) in [6.45, 7) is 2.41. The van der Waals surface area contributed by atoms with Crippen LogP contribution in [0.25, 0.3) is 5.57 Å². The molecule has 0 radical (unpaired) electrons. The van der Waals surface area contributed by atoms with Crippen molar-refractivity contribution in [3.63, 3.8) is 0 Å². The molecule has 2 nitrogen and oxygen atoms in total. The number of hydrogen-bond donors (Lipinski definition) is 1. The van der Waals surface area contributed by atoms with Crippen LogP contribution in [0.15, 0.2) is 30.0 Å². The Morgan fingerprint density at radius 2 is 2.20 bits per heavy atom. The number of aliphatic hydroxyl groups is 1. The Labute approximate surface area is 94.2 Å². The Bertz CT molecular complexity index is 435. The lowest BCUT2D eigenvalue weighted by atomic mass is 10.1. The molecule has 15 heavy (non-hydrogen) atoms. The van der Waals surface area contributed by atoms with Gasteiger partial charge in [-0.3, -0.25) is 0 Å². The van der Waals surface area contributed by atoms with Gasteiger partial charge in [-0.1, -0.05) is 24.3 Å². The molecule has 1 aromatic rings. The molecular weight excluding hydrogens is 208 g/mol. The zero-order chi connectivity index (χ0) is 10.8. The minimum atomic E-state index is 0.314. The minimum absolute atomic E-state index is 0.314. The zero-order valence-corrected chi connectivity index (χ0v) is 9.30. The summed E-state index contributed by atoms with van der Waals surface area (Å²) >= 11 is 5.13. The smallest absolute Gasteiger partial charge is 0.195 e. The summed E-state index contributed by atoms with van der Waals surface area (Å²) < 4.78 is 5.27. The molecule has 0 fully saturated rings. The highest BCUT2D eigenvalue weighted by Gasteiger charge is 2.24. The molecule has 0 saturated carbocycles. The monoisotopic (exact) mass is 220 g/mol. The van der Waals surface area contributed by atoms with E-state index in [4.69, 9.17) is 17.0 Å². The van der Waals surface area contributed by atoms with Crippen molar-refractivity contribution in [2.75, 3.05) is 6.61 Å². The molecular formula is C12H12O2S. The second-order valence-electron chi connectivity index (χ2n) is 3.38. The SMILES string of the molecule is CCOC(=S)C1=C(O)Cc2ccccc21. The van der Waals surface area contributed by atoms with E-state index >= 15 is 0 Å². The van der Waals surface area contributed by atoms with Gasteiger partial charge in [0.15, 0.2) is 5.05 Å². The molecule has 0 aromatic heterocycles. The summed E-state index contributed by atoms with van der Waals surface area (Å²) in [5.41, 5.74) is 2.78. The van der Waals surface area contributed by atoms with Crippen LogP contribution in [0.3, 0.4) is 0 Å². The number of hydrogen-bond acceptors (Lipinski definition) is 3. The van der Waals surface area contributed by atoms with Crippen molar-refractivity contribution in [3.05, 3.63) is 41.2 Å². The third kappa shape index (κ3) is 1.75. The lowest BCUT2D eigenvalue weighted by Gasteiger charge is -2.07. The van der Waals surface area contributed by atoms with Gasteiger partial charge in [-0.25, -0.2) is 0 Å². The molecule has 0 amide bonds. The summed E-state index contributed by atoms with van der Waals surface area (Å²) in [5.74, 6) is 0.314. The first-order valence-electron chi connectivity index (χ1n) is 4.91. The maximum Gasteiger partial charge on any atom is 0.195 e. The second-order valence-corrected chi connectivity index (χ2v) is 3.75. The first-order valence-corrected chi connectivity index (χ1v) is 5.32. The fourth-order valence-electron chi connectivity index (χ4n) is 1.77. The first kappa shape index (κ1) is 10.2. The predicted octanol–water partition coefficient (Wildman–Crippen LogP) is 2.88. The fourth-order valence-corrected chi connectivity index (χ4v) is 2.12. The van der Waals surface area contributed by atoms with E-state index in [1.165, 1.54) is 0 Å². The summed E-state index contributed by atoms with van der Waals surface area (Å²) in [5, 5.41) is 10.2. The van der Waals surface area contributed by atoms with Crippen LogP contribution in [-0.4, -0.2) is 16.8 Å². The molecule has 2 rings (SSSR count). The lowest BCUT2D eigenvalue weighted by molar-refractivity contribution is 0.338. The van der Waals surface area contributed by atoms with E-state index in [-0.39, 0.29) is 0 Å². The van der Waals surface area contributed by atoms with Crippen molar-refractivity contribution in [2.24, 2.45) is 0 Å². The van der Waals surface area contributed by atoms with Gasteiger partial charge in [0.2, 0.25) is 0 Å². The third-order valence-electron chi connectivity index (χ3n) is 2.41. The molecule has 0 saturated heterocycles. The Morgan fingerprint density at radius 1 is 1.47 bits per heavy atom. The van der Waals surface area contributed by atoms with E-state index in [0.717, 1.165) is 11.1 Å². The van der Waals surface area contributed by atoms with Crippen molar-refractivity contribution in [1.29, 1.82) is 0 Å². The van der Waals surface area contributed by atoms with Crippen molar-refractivity contribution < 1.29 is 9.84 Å². The van der Waals surface area contributed by atoms with Gasteiger partial charge in [-0.15, -0.1) is 0 Å². The van der Waals surface area contributed by atoms with E-state index in [0.29, 0.717) is 29.4 Å². The van der Waals surface area contributed by atoms with Crippen LogP contribution in [0.2, 0.25) is 0 Å². The van der Waals surface area contributed by atoms with Crippen molar-refractivity contribution in [1.82, 2.24) is 0 Å². The molecule has 0 spiro atoms. The van der Waals surface area contributed by atoms with Crippen LogP contribution in [0, 0.1) is 0 Å². The van der Waals surface area contributed by atoms with Crippen LogP contribution in [0.4, 0.5) is 0 Å². The number of allylic oxidation sites excluding steroid dienone is 1. The lowest BCUT2D eigenvalue weighted by Crippen LogP contribution is -2.04. The van der Waals surface area contributed by atoms with E-state index in [1.807, 2.05) is 31.2 Å². The Morgan fingerprint density at radius 3 is 2.93 bits per heavy atom. The molecule has 0 aliphatic heterocycles. The molecule has 0 atom stereocenters. The predicted molar refractivity (Wildman–Crippen MR) is 63.9 cm³/mol. The average molecular weight is 220 g/mol. The standard InChI is InChI=1S/C12H12O2S/c1-2-14-12(15)11-9-6-4-3-5-8(9)7-10(11)13/h3-6,13H,2,7H2,1H3. The van der Waals surface area contributed by atoms with Crippen LogP contribution < -0.4 is 0 Å². The summed E-state index contributed by atoms with van der Waals surface area (Å²) in [4.78, 5) is 0. The Balaban J connectivity index is 2.40. The highest BCUT2D eigenvalue weighted by Crippen LogP contribution is 2.32. The van der Waals surface area contributed by atoms with Gasteiger partial charge >= 0.3 is 0 Å². The number of thiocarbonyl (C=S) groups is 1. The van der Waals surface area contributed by atoms with E-state index in [1.54, 1.807) is 0 Å². The van der Waals surface area contributed by atoms with Crippen LogP contribution >= 0.6 is 12.2 Å². The first-order chi connectivity index (χ1) is 7.24. The summed E-state index contributed by atoms with van der Waals surface area (Å²) in [6.07, 6.45) is 0.554. The van der Waals surface area contributed by atoms with Gasteiger partial charge in [-0.05, 0) is 30.3 Å². The Hall–Kier alpha value is -1.35. The number of ether oxygens (including phenoxy) is 1. The molecule has 1 aliphatic rings. The number of benzene rings is 1. The molecule has 0 heterocycles. The normalized spacial score (nSPS) is 13.9. The number of fused-ring (bicyclic) bond motifs is 1. The van der Waals surface area contributed by atoms with Gasteiger partial charge in [0, 0.05) is 6.42 Å².